The minimum atomic E-state index is -0.405. The van der Waals surface area contributed by atoms with Crippen LogP contribution in [-0.4, -0.2) is 15.1 Å². The van der Waals surface area contributed by atoms with Gasteiger partial charge in [-0.25, -0.2) is 9.37 Å². The predicted molar refractivity (Wildman–Crippen MR) is 54.7 cm³/mol. The van der Waals surface area contributed by atoms with Crippen molar-refractivity contribution < 1.29 is 8.91 Å². The second-order valence-electron chi connectivity index (χ2n) is 3.33. The lowest BCUT2D eigenvalue weighted by Gasteiger charge is -1.99. The quantitative estimate of drug-likeness (QED) is 0.854. The van der Waals surface area contributed by atoms with Crippen LogP contribution in [0, 0.1) is 5.82 Å². The lowest BCUT2D eigenvalue weighted by Crippen LogP contribution is -2.08. The highest BCUT2D eigenvalue weighted by atomic mass is 19.1. The molecule has 6 heteroatoms. The van der Waals surface area contributed by atoms with Gasteiger partial charge in [0.25, 0.3) is 0 Å². The van der Waals surface area contributed by atoms with E-state index in [0.717, 1.165) is 6.20 Å². The molecule has 0 amide bonds. The van der Waals surface area contributed by atoms with Crippen LogP contribution in [0.5, 0.6) is 0 Å². The summed E-state index contributed by atoms with van der Waals surface area (Å²) < 4.78 is 17.6. The molecule has 5 nitrogen and oxygen atoms in total. The molecule has 0 aliphatic heterocycles. The zero-order valence-electron chi connectivity index (χ0n) is 8.72. The maximum Gasteiger partial charge on any atom is 0.243 e. The second-order valence-corrected chi connectivity index (χ2v) is 3.33. The number of nitrogens with two attached hydrogens (primary N) is 1. The van der Waals surface area contributed by atoms with E-state index in [9.17, 15) is 4.39 Å². The summed E-state index contributed by atoms with van der Waals surface area (Å²) in [5.74, 6) is 0.278. The van der Waals surface area contributed by atoms with Crippen LogP contribution in [0.15, 0.2) is 22.9 Å². The van der Waals surface area contributed by atoms with E-state index in [4.69, 9.17) is 10.3 Å². The minimum absolute atomic E-state index is 0.276. The molecule has 2 heterocycles. The Hall–Kier alpha value is -1.82. The third-order valence-electron chi connectivity index (χ3n) is 2.16. The smallest absolute Gasteiger partial charge is 0.243 e. The van der Waals surface area contributed by atoms with Crippen LogP contribution in [-0.2, 0) is 0 Å². The Labute approximate surface area is 91.5 Å². The van der Waals surface area contributed by atoms with Gasteiger partial charge in [0, 0.05) is 0 Å². The van der Waals surface area contributed by atoms with Crippen LogP contribution in [0.25, 0.3) is 11.5 Å². The molecule has 84 valence electrons. The number of rotatable bonds is 3. The van der Waals surface area contributed by atoms with Crippen molar-refractivity contribution in [2.45, 2.75) is 19.4 Å². The Morgan fingerprint density at radius 1 is 1.50 bits per heavy atom. The highest BCUT2D eigenvalue weighted by Crippen LogP contribution is 2.17. The fourth-order valence-corrected chi connectivity index (χ4v) is 1.17. The summed E-state index contributed by atoms with van der Waals surface area (Å²) in [5, 5.41) is 3.73. The predicted octanol–water partition coefficient (Wildman–Crippen LogP) is 1.68. The Morgan fingerprint density at radius 2 is 2.31 bits per heavy atom. The molecule has 0 saturated carbocycles. The average molecular weight is 222 g/mol. The summed E-state index contributed by atoms with van der Waals surface area (Å²) in [5.41, 5.74) is 6.19. The van der Waals surface area contributed by atoms with E-state index >= 15 is 0 Å². The molecule has 0 fully saturated rings. The van der Waals surface area contributed by atoms with Gasteiger partial charge >= 0.3 is 0 Å². The number of hydrogen-bond acceptors (Lipinski definition) is 5. The first-order valence-corrected chi connectivity index (χ1v) is 4.92. The Morgan fingerprint density at radius 3 is 2.94 bits per heavy atom. The van der Waals surface area contributed by atoms with Crippen molar-refractivity contribution >= 4 is 0 Å². The SMILES string of the molecule is CC[C@@H](N)c1nc(-c2ccc(F)cn2)no1. The van der Waals surface area contributed by atoms with Crippen molar-refractivity contribution in [2.24, 2.45) is 5.73 Å². The summed E-state index contributed by atoms with van der Waals surface area (Å²) >= 11 is 0. The number of nitrogens with zero attached hydrogens (tertiary/aromatic N) is 3. The van der Waals surface area contributed by atoms with E-state index in [1.807, 2.05) is 6.92 Å². The van der Waals surface area contributed by atoms with Gasteiger partial charge in [-0.2, -0.15) is 4.98 Å². The summed E-state index contributed by atoms with van der Waals surface area (Å²) in [6.07, 6.45) is 1.81. The lowest BCUT2D eigenvalue weighted by molar-refractivity contribution is 0.352. The highest BCUT2D eigenvalue weighted by Gasteiger charge is 2.14. The van der Waals surface area contributed by atoms with Crippen LogP contribution in [0.2, 0.25) is 0 Å². The third kappa shape index (κ3) is 2.06. The fourth-order valence-electron chi connectivity index (χ4n) is 1.17. The van der Waals surface area contributed by atoms with Crippen LogP contribution in [0.1, 0.15) is 25.3 Å². The largest absolute Gasteiger partial charge is 0.337 e. The first-order chi connectivity index (χ1) is 7.70. The third-order valence-corrected chi connectivity index (χ3v) is 2.16. The molecule has 2 aromatic heterocycles. The molecule has 0 radical (unpaired) electrons. The lowest BCUT2D eigenvalue weighted by atomic mass is 10.2. The summed E-state index contributed by atoms with van der Waals surface area (Å²) in [6, 6.07) is 2.50. The van der Waals surface area contributed by atoms with E-state index in [-0.39, 0.29) is 6.04 Å². The van der Waals surface area contributed by atoms with Crippen LogP contribution in [0.4, 0.5) is 4.39 Å². The summed E-state index contributed by atoms with van der Waals surface area (Å²) in [4.78, 5) is 7.94. The first-order valence-electron chi connectivity index (χ1n) is 4.92. The van der Waals surface area contributed by atoms with Crippen molar-refractivity contribution in [3.05, 3.63) is 30.0 Å². The molecule has 0 unspecified atom stereocenters. The van der Waals surface area contributed by atoms with Crippen molar-refractivity contribution in [1.82, 2.24) is 15.1 Å². The zero-order chi connectivity index (χ0) is 11.5. The molecule has 0 spiro atoms. The molecule has 0 aliphatic carbocycles. The summed E-state index contributed by atoms with van der Waals surface area (Å²) in [6.45, 7) is 1.92. The van der Waals surface area contributed by atoms with Crippen LogP contribution in [0.3, 0.4) is 0 Å². The van der Waals surface area contributed by atoms with Gasteiger partial charge in [0.05, 0.1) is 12.2 Å². The Bertz CT molecular complexity index is 468. The van der Waals surface area contributed by atoms with E-state index in [0.29, 0.717) is 23.8 Å². The van der Waals surface area contributed by atoms with Gasteiger partial charge in [0.15, 0.2) is 0 Å². The molecule has 0 saturated heterocycles. The van der Waals surface area contributed by atoms with Crippen molar-refractivity contribution in [3.63, 3.8) is 0 Å². The molecule has 2 rings (SSSR count). The van der Waals surface area contributed by atoms with E-state index in [2.05, 4.69) is 15.1 Å². The standard InChI is InChI=1S/C10H11FN4O/c1-2-7(12)10-14-9(15-16-10)8-4-3-6(11)5-13-8/h3-5,7H,2,12H2,1H3/t7-/m1/s1. The van der Waals surface area contributed by atoms with Crippen molar-refractivity contribution in [1.29, 1.82) is 0 Å². The average Bonchev–Trinajstić information content (AvgIpc) is 2.78. The van der Waals surface area contributed by atoms with Gasteiger partial charge in [-0.1, -0.05) is 12.1 Å². The Kier molecular flexibility index (Phi) is 2.91. The number of halogens is 1. The minimum Gasteiger partial charge on any atom is -0.337 e. The summed E-state index contributed by atoms with van der Waals surface area (Å²) in [7, 11) is 0. The highest BCUT2D eigenvalue weighted by molar-refractivity contribution is 5.47. The van der Waals surface area contributed by atoms with Crippen LogP contribution < -0.4 is 5.73 Å². The molecule has 1 atom stereocenters. The molecular formula is C10H11FN4O. The van der Waals surface area contributed by atoms with Gasteiger partial charge in [0.1, 0.15) is 11.5 Å². The van der Waals surface area contributed by atoms with Gasteiger partial charge < -0.3 is 10.3 Å². The molecule has 16 heavy (non-hydrogen) atoms. The molecular weight excluding hydrogens is 211 g/mol. The normalized spacial score (nSPS) is 12.7. The topological polar surface area (TPSA) is 77.8 Å². The zero-order valence-corrected chi connectivity index (χ0v) is 8.72. The van der Waals surface area contributed by atoms with Crippen molar-refractivity contribution in [2.75, 3.05) is 0 Å². The maximum absolute atomic E-state index is 12.6. The molecule has 0 bridgehead atoms. The number of hydrogen-bond donors (Lipinski definition) is 1. The number of aromatic nitrogens is 3. The van der Waals surface area contributed by atoms with Gasteiger partial charge in [-0.15, -0.1) is 0 Å². The fraction of sp³-hybridized carbons (Fsp3) is 0.300. The van der Waals surface area contributed by atoms with E-state index in [1.165, 1.54) is 12.1 Å². The Balaban J connectivity index is 2.28. The van der Waals surface area contributed by atoms with Gasteiger partial charge in [-0.05, 0) is 18.6 Å². The van der Waals surface area contributed by atoms with Gasteiger partial charge in [-0.3, -0.25) is 0 Å². The van der Waals surface area contributed by atoms with Gasteiger partial charge in [0.2, 0.25) is 11.7 Å². The molecule has 2 aromatic rings. The second kappa shape index (κ2) is 4.36. The van der Waals surface area contributed by atoms with E-state index in [1.54, 1.807) is 0 Å². The monoisotopic (exact) mass is 222 g/mol. The maximum atomic E-state index is 12.6. The molecule has 0 aromatic carbocycles. The molecule has 2 N–H and O–H groups in total. The van der Waals surface area contributed by atoms with E-state index < -0.39 is 5.82 Å². The first kappa shape index (κ1) is 10.7. The van der Waals surface area contributed by atoms with Crippen LogP contribution >= 0.6 is 0 Å². The number of pyridine rings is 1. The van der Waals surface area contributed by atoms with Crippen molar-refractivity contribution in [3.8, 4) is 11.5 Å². The molecule has 0 aliphatic rings.